The van der Waals surface area contributed by atoms with Crippen molar-refractivity contribution in [3.63, 3.8) is 0 Å². The Morgan fingerprint density at radius 2 is 1.90 bits per heavy atom. The first-order chi connectivity index (χ1) is 15.2. The van der Waals surface area contributed by atoms with E-state index in [1.165, 1.54) is 34.9 Å². The molecule has 2 heterocycles. The number of aromatic nitrogens is 3. The molecule has 1 N–H and O–H groups in total. The summed E-state index contributed by atoms with van der Waals surface area (Å²) in [7, 11) is 0. The number of fused-ring (bicyclic) bond motifs is 1. The summed E-state index contributed by atoms with van der Waals surface area (Å²) in [4.78, 5) is 16.8. The Morgan fingerprint density at radius 3 is 2.71 bits per heavy atom. The number of carbonyl (C=O) groups is 1. The van der Waals surface area contributed by atoms with Crippen LogP contribution < -0.4 is 5.32 Å². The van der Waals surface area contributed by atoms with Gasteiger partial charge in [-0.1, -0.05) is 49.4 Å². The fraction of sp³-hybridized carbons (Fsp3) is 0.304. The second kappa shape index (κ2) is 10.5. The van der Waals surface area contributed by atoms with Crippen molar-refractivity contribution in [2.75, 3.05) is 11.1 Å². The van der Waals surface area contributed by atoms with Gasteiger partial charge < -0.3 is 9.73 Å². The van der Waals surface area contributed by atoms with Crippen LogP contribution in [-0.4, -0.2) is 26.8 Å². The summed E-state index contributed by atoms with van der Waals surface area (Å²) in [6, 6.07) is 16.1. The maximum atomic E-state index is 12.2. The van der Waals surface area contributed by atoms with Crippen LogP contribution >= 0.6 is 23.1 Å². The number of unbranched alkanes of at least 4 members (excludes halogenated alkanes) is 1. The third-order valence-electron chi connectivity index (χ3n) is 4.72. The molecule has 0 radical (unpaired) electrons. The number of anilines is 1. The van der Waals surface area contributed by atoms with E-state index in [0.717, 1.165) is 29.1 Å². The van der Waals surface area contributed by atoms with Crippen LogP contribution in [0.25, 0.3) is 10.2 Å². The van der Waals surface area contributed by atoms with E-state index in [-0.39, 0.29) is 11.7 Å². The van der Waals surface area contributed by atoms with Crippen LogP contribution in [0.15, 0.2) is 58.2 Å². The summed E-state index contributed by atoms with van der Waals surface area (Å²) in [5.41, 5.74) is 3.11. The molecular weight excluding hydrogens is 428 g/mol. The van der Waals surface area contributed by atoms with Gasteiger partial charge in [-0.2, -0.15) is 0 Å². The zero-order chi connectivity index (χ0) is 21.5. The average molecular weight is 453 g/mol. The van der Waals surface area contributed by atoms with E-state index in [9.17, 15) is 4.79 Å². The molecule has 0 saturated heterocycles. The molecule has 2 aromatic heterocycles. The second-order valence-corrected chi connectivity index (χ2v) is 9.22. The molecule has 0 spiro atoms. The zero-order valence-electron chi connectivity index (χ0n) is 17.3. The summed E-state index contributed by atoms with van der Waals surface area (Å²) in [5, 5.41) is 12.5. The molecule has 2 aromatic carbocycles. The Bertz CT molecular complexity index is 1100. The number of hydrogen-bond donors (Lipinski definition) is 1. The Morgan fingerprint density at radius 1 is 1.06 bits per heavy atom. The number of thiazole rings is 1. The lowest BCUT2D eigenvalue weighted by molar-refractivity contribution is -0.113. The summed E-state index contributed by atoms with van der Waals surface area (Å²) in [6.45, 7) is 2.18. The van der Waals surface area contributed by atoms with Gasteiger partial charge in [-0.15, -0.1) is 21.5 Å². The molecule has 4 aromatic rings. The molecule has 4 rings (SSSR count). The average Bonchev–Trinajstić information content (AvgIpc) is 3.42. The van der Waals surface area contributed by atoms with Crippen LogP contribution in [0.3, 0.4) is 0 Å². The number of nitrogens with one attached hydrogen (secondary N) is 1. The maximum Gasteiger partial charge on any atom is 0.277 e. The highest BCUT2D eigenvalue weighted by molar-refractivity contribution is 7.99. The number of rotatable bonds is 10. The van der Waals surface area contributed by atoms with Gasteiger partial charge in [0.05, 0.1) is 21.0 Å². The van der Waals surface area contributed by atoms with Gasteiger partial charge in [0.1, 0.15) is 0 Å². The van der Waals surface area contributed by atoms with Crippen LogP contribution in [0, 0.1) is 0 Å². The molecule has 0 unspecified atom stereocenters. The number of carbonyl (C=O) groups excluding carboxylic acids is 1. The SMILES string of the molecule is CCCCc1ccc(NC(=O)CSc2nnc(CCc3nc4ccccc4s3)o2)cc1. The fourth-order valence-electron chi connectivity index (χ4n) is 3.10. The number of amides is 1. The quantitative estimate of drug-likeness (QED) is 0.318. The molecule has 0 atom stereocenters. The van der Waals surface area contributed by atoms with Crippen molar-refractivity contribution in [1.29, 1.82) is 0 Å². The second-order valence-electron chi connectivity index (χ2n) is 7.17. The molecule has 0 aliphatic carbocycles. The van der Waals surface area contributed by atoms with Crippen LogP contribution in [0.4, 0.5) is 5.69 Å². The van der Waals surface area contributed by atoms with E-state index in [1.54, 1.807) is 11.3 Å². The van der Waals surface area contributed by atoms with Gasteiger partial charge >= 0.3 is 0 Å². The molecule has 0 aliphatic rings. The van der Waals surface area contributed by atoms with Crippen LogP contribution in [0.5, 0.6) is 0 Å². The topological polar surface area (TPSA) is 80.9 Å². The highest BCUT2D eigenvalue weighted by atomic mass is 32.2. The first-order valence-electron chi connectivity index (χ1n) is 10.4. The molecular formula is C23H24N4O2S2. The zero-order valence-corrected chi connectivity index (χ0v) is 19.0. The van der Waals surface area contributed by atoms with E-state index in [2.05, 4.69) is 45.6 Å². The third-order valence-corrected chi connectivity index (χ3v) is 6.64. The number of benzene rings is 2. The van der Waals surface area contributed by atoms with Crippen molar-refractivity contribution in [2.45, 2.75) is 44.3 Å². The lowest BCUT2D eigenvalue weighted by Crippen LogP contribution is -2.13. The van der Waals surface area contributed by atoms with Gasteiger partial charge in [0, 0.05) is 18.5 Å². The fourth-order valence-corrected chi connectivity index (χ4v) is 4.65. The molecule has 0 bridgehead atoms. The van der Waals surface area contributed by atoms with E-state index in [4.69, 9.17) is 4.42 Å². The van der Waals surface area contributed by atoms with Crippen molar-refractivity contribution in [1.82, 2.24) is 15.2 Å². The molecule has 6 nitrogen and oxygen atoms in total. The van der Waals surface area contributed by atoms with Gasteiger partial charge in [-0.05, 0) is 42.7 Å². The van der Waals surface area contributed by atoms with Gasteiger partial charge in [0.25, 0.3) is 5.22 Å². The molecule has 0 aliphatic heterocycles. The minimum Gasteiger partial charge on any atom is -0.416 e. The Balaban J connectivity index is 1.22. The maximum absolute atomic E-state index is 12.2. The predicted octanol–water partition coefficient (Wildman–Crippen LogP) is 5.54. The summed E-state index contributed by atoms with van der Waals surface area (Å²) in [5.74, 6) is 0.683. The van der Waals surface area contributed by atoms with Gasteiger partial charge in [-0.3, -0.25) is 4.79 Å². The predicted molar refractivity (Wildman–Crippen MR) is 126 cm³/mol. The largest absolute Gasteiger partial charge is 0.416 e. The van der Waals surface area contributed by atoms with Gasteiger partial charge in [0.2, 0.25) is 11.8 Å². The standard InChI is InChI=1S/C23H24N4O2S2/c1-2-3-6-16-9-11-17(12-10-16)24-20(28)15-30-23-27-26-21(29-23)13-14-22-25-18-7-4-5-8-19(18)31-22/h4-5,7-12H,2-3,6,13-15H2,1H3,(H,24,28). The van der Waals surface area contributed by atoms with Gasteiger partial charge in [-0.25, -0.2) is 4.98 Å². The Labute approximate surface area is 189 Å². The van der Waals surface area contributed by atoms with E-state index in [1.807, 2.05) is 30.3 Å². The molecule has 0 fully saturated rings. The molecule has 0 saturated carbocycles. The smallest absolute Gasteiger partial charge is 0.277 e. The minimum absolute atomic E-state index is 0.0967. The molecule has 8 heteroatoms. The highest BCUT2D eigenvalue weighted by Crippen LogP contribution is 2.23. The van der Waals surface area contributed by atoms with Crippen molar-refractivity contribution in [3.8, 4) is 0 Å². The number of nitrogens with zero attached hydrogens (tertiary/aromatic N) is 3. The number of para-hydroxylation sites is 1. The molecule has 1 amide bonds. The lowest BCUT2D eigenvalue weighted by atomic mass is 10.1. The van der Waals surface area contributed by atoms with Crippen molar-refractivity contribution >= 4 is 44.9 Å². The van der Waals surface area contributed by atoms with Crippen LogP contribution in [0.2, 0.25) is 0 Å². The van der Waals surface area contributed by atoms with E-state index in [0.29, 0.717) is 17.5 Å². The number of hydrogen-bond acceptors (Lipinski definition) is 7. The van der Waals surface area contributed by atoms with Crippen molar-refractivity contribution in [2.24, 2.45) is 0 Å². The summed E-state index contributed by atoms with van der Waals surface area (Å²) in [6.07, 6.45) is 4.80. The van der Waals surface area contributed by atoms with E-state index < -0.39 is 0 Å². The monoisotopic (exact) mass is 452 g/mol. The first kappa shape index (κ1) is 21.5. The van der Waals surface area contributed by atoms with Crippen molar-refractivity contribution in [3.05, 3.63) is 65.0 Å². The number of aryl methyl sites for hydroxylation is 3. The highest BCUT2D eigenvalue weighted by Gasteiger charge is 2.11. The summed E-state index contributed by atoms with van der Waals surface area (Å²) >= 11 is 2.93. The summed E-state index contributed by atoms with van der Waals surface area (Å²) < 4.78 is 6.85. The minimum atomic E-state index is -0.0967. The Hall–Kier alpha value is -2.71. The van der Waals surface area contributed by atoms with E-state index >= 15 is 0 Å². The third kappa shape index (κ3) is 6.15. The normalized spacial score (nSPS) is 11.1. The molecule has 31 heavy (non-hydrogen) atoms. The van der Waals surface area contributed by atoms with Crippen LogP contribution in [-0.2, 0) is 24.1 Å². The van der Waals surface area contributed by atoms with Crippen molar-refractivity contribution < 1.29 is 9.21 Å². The van der Waals surface area contributed by atoms with Crippen LogP contribution in [0.1, 0.15) is 36.2 Å². The van der Waals surface area contributed by atoms with Gasteiger partial charge in [0.15, 0.2) is 0 Å². The Kier molecular flexibility index (Phi) is 7.32. The lowest BCUT2D eigenvalue weighted by Gasteiger charge is -2.05. The first-order valence-corrected chi connectivity index (χ1v) is 12.2. The molecule has 160 valence electrons. The number of thioether (sulfide) groups is 1.